The van der Waals surface area contributed by atoms with E-state index in [0.29, 0.717) is 5.92 Å². The van der Waals surface area contributed by atoms with Gasteiger partial charge in [0.1, 0.15) is 5.82 Å². The molecule has 2 aromatic carbocycles. The second kappa shape index (κ2) is 6.20. The Morgan fingerprint density at radius 3 is 2.00 bits per heavy atom. The van der Waals surface area contributed by atoms with Crippen molar-refractivity contribution in [2.24, 2.45) is 7.05 Å². The maximum absolute atomic E-state index is 4.44. The molecular weight excluding hydrogens is 302 g/mol. The first-order valence-corrected chi connectivity index (χ1v) is 8.87. The summed E-state index contributed by atoms with van der Waals surface area (Å²) >= 11 is 1.78. The smallest absolute Gasteiger partial charge is 0.191 e. The van der Waals surface area contributed by atoms with Crippen LogP contribution in [0.15, 0.2) is 65.8 Å². The highest BCUT2D eigenvalue weighted by molar-refractivity contribution is 7.99. The summed E-state index contributed by atoms with van der Waals surface area (Å²) < 4.78 is 2.17. The van der Waals surface area contributed by atoms with E-state index in [9.17, 15) is 0 Å². The summed E-state index contributed by atoms with van der Waals surface area (Å²) in [6.45, 7) is 0. The highest BCUT2D eigenvalue weighted by atomic mass is 32.2. The summed E-state index contributed by atoms with van der Waals surface area (Å²) in [6, 6.07) is 21.2. The molecule has 1 fully saturated rings. The van der Waals surface area contributed by atoms with E-state index in [0.717, 1.165) is 11.0 Å². The molecule has 0 aliphatic heterocycles. The van der Waals surface area contributed by atoms with E-state index in [1.165, 1.54) is 24.0 Å². The number of rotatable bonds is 5. The van der Waals surface area contributed by atoms with Gasteiger partial charge in [-0.1, -0.05) is 72.4 Å². The van der Waals surface area contributed by atoms with Crippen molar-refractivity contribution in [2.45, 2.75) is 29.2 Å². The van der Waals surface area contributed by atoms with E-state index < -0.39 is 0 Å². The lowest BCUT2D eigenvalue weighted by Gasteiger charge is -2.17. The molecule has 0 N–H and O–H groups in total. The van der Waals surface area contributed by atoms with Gasteiger partial charge in [-0.25, -0.2) is 0 Å². The number of nitrogens with zero attached hydrogens (tertiary/aromatic N) is 3. The van der Waals surface area contributed by atoms with Crippen LogP contribution in [-0.2, 0) is 7.05 Å². The van der Waals surface area contributed by atoms with Gasteiger partial charge in [-0.05, 0) is 24.0 Å². The Balaban J connectivity index is 1.68. The zero-order chi connectivity index (χ0) is 15.6. The Morgan fingerprint density at radius 2 is 1.48 bits per heavy atom. The lowest BCUT2D eigenvalue weighted by atomic mass is 10.0. The van der Waals surface area contributed by atoms with Gasteiger partial charge in [-0.3, -0.25) is 0 Å². The molecule has 1 aromatic heterocycles. The molecule has 1 aliphatic carbocycles. The van der Waals surface area contributed by atoms with Gasteiger partial charge in [0.15, 0.2) is 5.16 Å². The average molecular weight is 321 g/mol. The summed E-state index contributed by atoms with van der Waals surface area (Å²) in [7, 11) is 2.09. The Labute approximate surface area is 140 Å². The standard InChI is InChI=1S/C19H19N3S/c1-22-18(16-12-13-16)20-21-19(22)23-17(14-8-4-2-5-9-14)15-10-6-3-7-11-15/h2-11,16-17H,12-13H2,1H3. The first kappa shape index (κ1) is 14.5. The predicted octanol–water partition coefficient (Wildman–Crippen LogP) is 4.57. The highest BCUT2D eigenvalue weighted by Gasteiger charge is 2.30. The molecular formula is C19H19N3S. The van der Waals surface area contributed by atoms with Crippen molar-refractivity contribution >= 4 is 11.8 Å². The van der Waals surface area contributed by atoms with Crippen molar-refractivity contribution < 1.29 is 0 Å². The van der Waals surface area contributed by atoms with Crippen molar-refractivity contribution in [1.82, 2.24) is 14.8 Å². The monoisotopic (exact) mass is 321 g/mol. The summed E-state index contributed by atoms with van der Waals surface area (Å²) in [6.07, 6.45) is 2.49. The Kier molecular flexibility index (Phi) is 3.92. The molecule has 0 amide bonds. The van der Waals surface area contributed by atoms with E-state index in [-0.39, 0.29) is 5.25 Å². The van der Waals surface area contributed by atoms with Gasteiger partial charge in [-0.2, -0.15) is 0 Å². The van der Waals surface area contributed by atoms with Crippen molar-refractivity contribution in [3.63, 3.8) is 0 Å². The van der Waals surface area contributed by atoms with Crippen LogP contribution in [0.5, 0.6) is 0 Å². The van der Waals surface area contributed by atoms with Crippen molar-refractivity contribution in [3.05, 3.63) is 77.6 Å². The molecule has 0 saturated heterocycles. The third-order valence-corrected chi connectivity index (χ3v) is 5.59. The Morgan fingerprint density at radius 1 is 0.913 bits per heavy atom. The van der Waals surface area contributed by atoms with Crippen LogP contribution in [0.4, 0.5) is 0 Å². The summed E-state index contributed by atoms with van der Waals surface area (Å²) in [5.41, 5.74) is 2.58. The molecule has 4 heteroatoms. The first-order valence-electron chi connectivity index (χ1n) is 7.99. The minimum absolute atomic E-state index is 0.229. The van der Waals surface area contributed by atoms with Crippen LogP contribution in [0.1, 0.15) is 41.0 Å². The molecule has 1 saturated carbocycles. The van der Waals surface area contributed by atoms with Crippen LogP contribution < -0.4 is 0 Å². The average Bonchev–Trinajstić information content (AvgIpc) is 3.38. The van der Waals surface area contributed by atoms with Crippen molar-refractivity contribution in [1.29, 1.82) is 0 Å². The largest absolute Gasteiger partial charge is 0.309 e. The molecule has 116 valence electrons. The van der Waals surface area contributed by atoms with Crippen LogP contribution in [0.25, 0.3) is 0 Å². The fraction of sp³-hybridized carbons (Fsp3) is 0.263. The van der Waals surface area contributed by atoms with Gasteiger partial charge < -0.3 is 4.57 Å². The van der Waals surface area contributed by atoms with E-state index in [1.807, 2.05) is 0 Å². The number of thioether (sulfide) groups is 1. The maximum atomic E-state index is 4.44. The van der Waals surface area contributed by atoms with Crippen LogP contribution in [0.3, 0.4) is 0 Å². The van der Waals surface area contributed by atoms with Gasteiger partial charge >= 0.3 is 0 Å². The van der Waals surface area contributed by atoms with Gasteiger partial charge in [0.2, 0.25) is 0 Å². The van der Waals surface area contributed by atoms with Crippen LogP contribution in [0, 0.1) is 0 Å². The molecule has 0 radical (unpaired) electrons. The molecule has 0 atom stereocenters. The second-order valence-electron chi connectivity index (χ2n) is 5.99. The number of hydrogen-bond acceptors (Lipinski definition) is 3. The zero-order valence-electron chi connectivity index (χ0n) is 13.1. The molecule has 3 aromatic rings. The van der Waals surface area contributed by atoms with Crippen LogP contribution in [-0.4, -0.2) is 14.8 Å². The molecule has 0 unspecified atom stereocenters. The van der Waals surface area contributed by atoms with Crippen LogP contribution >= 0.6 is 11.8 Å². The molecule has 1 aliphatic rings. The van der Waals surface area contributed by atoms with E-state index in [4.69, 9.17) is 0 Å². The lowest BCUT2D eigenvalue weighted by Crippen LogP contribution is -2.01. The zero-order valence-corrected chi connectivity index (χ0v) is 13.9. The van der Waals surface area contributed by atoms with Crippen molar-refractivity contribution in [2.75, 3.05) is 0 Å². The summed E-state index contributed by atoms with van der Waals surface area (Å²) in [5.74, 6) is 1.75. The quantitative estimate of drug-likeness (QED) is 0.645. The van der Waals surface area contributed by atoms with E-state index in [2.05, 4.69) is 82.5 Å². The molecule has 23 heavy (non-hydrogen) atoms. The van der Waals surface area contributed by atoms with Gasteiger partial charge in [0, 0.05) is 13.0 Å². The molecule has 0 bridgehead atoms. The highest BCUT2D eigenvalue weighted by Crippen LogP contribution is 2.43. The fourth-order valence-electron chi connectivity index (χ4n) is 2.82. The third-order valence-electron chi connectivity index (χ3n) is 4.24. The van der Waals surface area contributed by atoms with Gasteiger partial charge in [0.05, 0.1) is 5.25 Å². The SMILES string of the molecule is Cn1c(SC(c2ccccc2)c2ccccc2)nnc1C1CC1. The number of benzene rings is 2. The second-order valence-corrected chi connectivity index (χ2v) is 7.07. The van der Waals surface area contributed by atoms with Gasteiger partial charge in [-0.15, -0.1) is 10.2 Å². The summed E-state index contributed by atoms with van der Waals surface area (Å²) in [5, 5.41) is 10.1. The van der Waals surface area contributed by atoms with Crippen molar-refractivity contribution in [3.8, 4) is 0 Å². The maximum Gasteiger partial charge on any atom is 0.191 e. The predicted molar refractivity (Wildman–Crippen MR) is 93.6 cm³/mol. The van der Waals surface area contributed by atoms with E-state index in [1.54, 1.807) is 11.8 Å². The normalized spacial score (nSPS) is 14.3. The fourth-order valence-corrected chi connectivity index (χ4v) is 3.95. The first-order chi connectivity index (χ1) is 11.3. The van der Waals surface area contributed by atoms with Crippen LogP contribution in [0.2, 0.25) is 0 Å². The topological polar surface area (TPSA) is 30.7 Å². The van der Waals surface area contributed by atoms with E-state index >= 15 is 0 Å². The summed E-state index contributed by atoms with van der Waals surface area (Å²) in [4.78, 5) is 0. The number of aromatic nitrogens is 3. The minimum Gasteiger partial charge on any atom is -0.309 e. The van der Waals surface area contributed by atoms with Gasteiger partial charge in [0.25, 0.3) is 0 Å². The molecule has 0 spiro atoms. The molecule has 1 heterocycles. The number of hydrogen-bond donors (Lipinski definition) is 0. The Hall–Kier alpha value is -2.07. The molecule has 3 nitrogen and oxygen atoms in total. The third kappa shape index (κ3) is 3.04. The molecule has 4 rings (SSSR count). The lowest BCUT2D eigenvalue weighted by molar-refractivity contribution is 0.735. The minimum atomic E-state index is 0.229. The Bertz CT molecular complexity index is 739.